The molecule has 1 fully saturated rings. The van der Waals surface area contributed by atoms with Gasteiger partial charge in [0.1, 0.15) is 5.60 Å². The molecular formula is C50H51Br2N5O7S2. The van der Waals surface area contributed by atoms with Crippen LogP contribution in [0.4, 0.5) is 0 Å². The van der Waals surface area contributed by atoms with Crippen molar-refractivity contribution in [1.82, 2.24) is 24.8 Å². The Morgan fingerprint density at radius 2 is 1.08 bits per heavy atom. The number of carbonyl (C=O) groups is 5. The van der Waals surface area contributed by atoms with Gasteiger partial charge in [-0.05, 0) is 114 Å². The molecule has 66 heavy (non-hydrogen) atoms. The van der Waals surface area contributed by atoms with Crippen LogP contribution in [0, 0.1) is 17.8 Å². The summed E-state index contributed by atoms with van der Waals surface area (Å²) in [6, 6.07) is 22.8. The normalized spacial score (nSPS) is 13.5. The second-order valence-electron chi connectivity index (χ2n) is 17.0. The summed E-state index contributed by atoms with van der Waals surface area (Å²) >= 11 is 9.58. The summed E-state index contributed by atoms with van der Waals surface area (Å²) < 4.78 is 7.08. The third-order valence-electron chi connectivity index (χ3n) is 10.7. The van der Waals surface area contributed by atoms with E-state index in [0.717, 1.165) is 53.8 Å². The number of Topliss-reactive ketones (excluding diaryl/α,β-unsaturated/α-hetero) is 2. The number of ketones is 2. The fourth-order valence-electron chi connectivity index (χ4n) is 7.10. The Kier molecular flexibility index (Phi) is 17.4. The number of carbonyl (C=O) groups excluding carboxylic acids is 4. The first kappa shape index (κ1) is 50.1. The average Bonchev–Trinajstić information content (AvgIpc) is 3.97. The number of benzene rings is 2. The van der Waals surface area contributed by atoms with Crippen LogP contribution in [0.1, 0.15) is 87.7 Å². The van der Waals surface area contributed by atoms with E-state index >= 15 is 0 Å². The number of aromatic nitrogens is 4. The molecular weight excluding hydrogens is 1010 g/mol. The molecule has 1 N–H and O–H groups in total. The molecule has 16 heteroatoms. The minimum atomic E-state index is -0.957. The first-order valence-electron chi connectivity index (χ1n) is 21.6. The number of carboxylic acids is 1. The van der Waals surface area contributed by atoms with Crippen LogP contribution in [0.25, 0.3) is 22.8 Å². The van der Waals surface area contributed by atoms with Gasteiger partial charge in [-0.15, -0.1) is 22.7 Å². The lowest BCUT2D eigenvalue weighted by atomic mass is 9.89. The monoisotopic (exact) mass is 1060 g/mol. The highest BCUT2D eigenvalue weighted by Crippen LogP contribution is 2.29. The maximum atomic E-state index is 13.5. The van der Waals surface area contributed by atoms with Crippen molar-refractivity contribution in [3.8, 4) is 22.8 Å². The predicted octanol–water partition coefficient (Wildman–Crippen LogP) is 10.8. The number of aryl methyl sites for hydroxylation is 2. The molecule has 1 amide bonds. The Bertz CT molecular complexity index is 2620. The Balaban J connectivity index is 0.000000229. The second-order valence-corrected chi connectivity index (χ2v) is 21.1. The number of carboxylic acid groups (broad SMARTS) is 1. The van der Waals surface area contributed by atoms with Gasteiger partial charge in [-0.25, -0.2) is 19.9 Å². The molecule has 0 radical (unpaired) electrons. The highest BCUT2D eigenvalue weighted by atomic mass is 79.9. The summed E-state index contributed by atoms with van der Waals surface area (Å²) in [5.74, 6) is -1.89. The van der Waals surface area contributed by atoms with Gasteiger partial charge >= 0.3 is 11.9 Å². The lowest BCUT2D eigenvalue weighted by Crippen LogP contribution is -2.56. The van der Waals surface area contributed by atoms with E-state index in [2.05, 4.69) is 58.7 Å². The molecule has 0 spiro atoms. The van der Waals surface area contributed by atoms with Crippen molar-refractivity contribution in [2.24, 2.45) is 17.8 Å². The van der Waals surface area contributed by atoms with Crippen molar-refractivity contribution in [3.05, 3.63) is 137 Å². The first-order chi connectivity index (χ1) is 31.5. The number of hydrogen-bond acceptors (Lipinski definition) is 12. The maximum Gasteiger partial charge on any atom is 0.313 e. The smallest absolute Gasteiger partial charge is 0.313 e. The summed E-state index contributed by atoms with van der Waals surface area (Å²) in [6.45, 7) is 10.2. The van der Waals surface area contributed by atoms with Gasteiger partial charge in [-0.2, -0.15) is 0 Å². The molecule has 2 aromatic carbocycles. The van der Waals surface area contributed by atoms with Crippen LogP contribution in [0.15, 0.2) is 107 Å². The van der Waals surface area contributed by atoms with Crippen LogP contribution in [-0.4, -0.2) is 78.0 Å². The molecule has 6 aromatic rings. The molecule has 0 unspecified atom stereocenters. The molecule has 5 heterocycles. The summed E-state index contributed by atoms with van der Waals surface area (Å²) in [4.78, 5) is 85.7. The molecule has 1 aliphatic heterocycles. The van der Waals surface area contributed by atoms with E-state index in [4.69, 9.17) is 4.74 Å². The first-order valence-corrected chi connectivity index (χ1v) is 24.8. The molecule has 344 valence electrons. The third-order valence-corrected chi connectivity index (χ3v) is 14.1. The van der Waals surface area contributed by atoms with Crippen LogP contribution >= 0.6 is 54.5 Å². The van der Waals surface area contributed by atoms with Crippen LogP contribution in [0.5, 0.6) is 0 Å². The number of esters is 1. The molecule has 0 bridgehead atoms. The number of aliphatic carboxylic acids is 1. The van der Waals surface area contributed by atoms with E-state index in [0.29, 0.717) is 47.3 Å². The number of thiophene rings is 2. The van der Waals surface area contributed by atoms with Crippen LogP contribution < -0.4 is 0 Å². The Morgan fingerprint density at radius 1 is 0.667 bits per heavy atom. The third kappa shape index (κ3) is 14.1. The number of hydrogen-bond donors (Lipinski definition) is 1. The molecule has 7 rings (SSSR count). The zero-order valence-electron chi connectivity index (χ0n) is 37.3. The van der Waals surface area contributed by atoms with E-state index in [1.54, 1.807) is 35.8 Å². The predicted molar refractivity (Wildman–Crippen MR) is 264 cm³/mol. The second kappa shape index (κ2) is 22.9. The van der Waals surface area contributed by atoms with Crippen molar-refractivity contribution in [1.29, 1.82) is 0 Å². The van der Waals surface area contributed by atoms with E-state index in [1.165, 1.54) is 22.7 Å². The molecule has 0 aliphatic carbocycles. The zero-order valence-corrected chi connectivity index (χ0v) is 42.1. The van der Waals surface area contributed by atoms with Gasteiger partial charge in [-0.3, -0.25) is 24.0 Å². The molecule has 0 saturated carbocycles. The number of rotatable bonds is 17. The van der Waals surface area contributed by atoms with Gasteiger partial charge in [0, 0.05) is 77.5 Å². The number of ether oxygens (including phenoxy) is 1. The van der Waals surface area contributed by atoms with Crippen molar-refractivity contribution in [3.63, 3.8) is 0 Å². The van der Waals surface area contributed by atoms with Crippen molar-refractivity contribution >= 4 is 83.9 Å². The Morgan fingerprint density at radius 3 is 1.45 bits per heavy atom. The van der Waals surface area contributed by atoms with E-state index in [-0.39, 0.29) is 42.2 Å². The van der Waals surface area contributed by atoms with E-state index < -0.39 is 23.4 Å². The van der Waals surface area contributed by atoms with Crippen LogP contribution in [0.2, 0.25) is 0 Å². The van der Waals surface area contributed by atoms with Crippen molar-refractivity contribution in [2.75, 3.05) is 13.1 Å². The molecule has 4 aromatic heterocycles. The number of amides is 1. The summed E-state index contributed by atoms with van der Waals surface area (Å²) in [5.41, 5.74) is 2.96. The number of halogens is 2. The molecule has 12 nitrogen and oxygen atoms in total. The topological polar surface area (TPSA) is 170 Å². The van der Waals surface area contributed by atoms with Gasteiger partial charge in [0.25, 0.3) is 0 Å². The quantitative estimate of drug-likeness (QED) is 0.0681. The SMILES string of the molecule is CCc1ccc(C(=O)C[C@@H](Cc2ccc(-c3ncc(Br)cn3)cc2)C(=O)N2CC(C(=O)OC(C)(C)C)C2)s1.CCc1ccc(C(=O)C[C@@H](Cc2ccc(-c3ncc(Br)cn3)cc2)C(=O)O)s1. The minimum absolute atomic E-state index is 0.00340. The molecule has 1 aliphatic rings. The van der Waals surface area contributed by atoms with Gasteiger partial charge < -0.3 is 14.7 Å². The lowest BCUT2D eigenvalue weighted by Gasteiger charge is -2.40. The van der Waals surface area contributed by atoms with Gasteiger partial charge in [0.15, 0.2) is 23.2 Å². The Hall–Kier alpha value is -5.29. The summed E-state index contributed by atoms with van der Waals surface area (Å²) in [5, 5.41) is 9.57. The van der Waals surface area contributed by atoms with Gasteiger partial charge in [0.05, 0.1) is 30.5 Å². The number of nitrogens with zero attached hydrogens (tertiary/aromatic N) is 5. The number of likely N-dealkylation sites (tertiary alicyclic amines) is 1. The lowest BCUT2D eigenvalue weighted by molar-refractivity contribution is -0.168. The van der Waals surface area contributed by atoms with Crippen molar-refractivity contribution in [2.45, 2.75) is 78.7 Å². The largest absolute Gasteiger partial charge is 0.481 e. The van der Waals surface area contributed by atoms with Gasteiger partial charge in [-0.1, -0.05) is 62.4 Å². The summed E-state index contributed by atoms with van der Waals surface area (Å²) in [7, 11) is 0. The van der Waals surface area contributed by atoms with E-state index in [1.807, 2.05) is 94.4 Å². The highest BCUT2D eigenvalue weighted by molar-refractivity contribution is 9.10. The zero-order chi connectivity index (χ0) is 47.5. The Labute approximate surface area is 409 Å². The molecule has 1 saturated heterocycles. The fraction of sp³-hybridized carbons (Fsp3) is 0.340. The minimum Gasteiger partial charge on any atom is -0.481 e. The highest BCUT2D eigenvalue weighted by Gasteiger charge is 2.41. The maximum absolute atomic E-state index is 13.5. The molecule has 2 atom stereocenters. The fourth-order valence-corrected chi connectivity index (χ4v) is 9.30. The standard InChI is InChI=1S/C29H32BrN3O4S.C21H19BrN2O3S/c1-5-23-10-11-25(38-23)24(34)13-20(27(35)33-16-21(17-33)28(36)37-29(2,3)4)12-18-6-8-19(9-7-18)26-31-14-22(30)15-32-26;1-2-17-7-8-19(28-17)18(25)10-15(21(26)27)9-13-3-5-14(6-4-13)20-23-11-16(22)12-24-20/h6-11,14-15,20-21H,5,12-13,16-17H2,1-4H3;3-8,11-12,15H,2,9-10H2,1H3,(H,26,27)/t20-;15-/m11/s1. The summed E-state index contributed by atoms with van der Waals surface area (Å²) in [6.07, 6.45) is 9.33. The van der Waals surface area contributed by atoms with E-state index in [9.17, 15) is 29.1 Å². The van der Waals surface area contributed by atoms with Crippen LogP contribution in [-0.2, 0) is 44.8 Å². The average molecular weight is 1060 g/mol. The van der Waals surface area contributed by atoms with Gasteiger partial charge in [0.2, 0.25) is 5.91 Å². The van der Waals surface area contributed by atoms with Crippen molar-refractivity contribution < 1.29 is 33.8 Å². The van der Waals surface area contributed by atoms with Crippen LogP contribution in [0.3, 0.4) is 0 Å².